The number of hydrogen-bond acceptors (Lipinski definition) is 4. The van der Waals surface area contributed by atoms with Crippen LogP contribution in [0.3, 0.4) is 0 Å². The number of para-hydroxylation sites is 1. The lowest BCUT2D eigenvalue weighted by molar-refractivity contribution is -0.119. The highest BCUT2D eigenvalue weighted by Gasteiger charge is 2.10. The van der Waals surface area contributed by atoms with Crippen molar-refractivity contribution in [2.24, 2.45) is 5.92 Å². The maximum atomic E-state index is 14.0. The molecule has 0 bridgehead atoms. The van der Waals surface area contributed by atoms with Crippen LogP contribution >= 0.6 is 11.3 Å². The fraction of sp³-hybridized carbons (Fsp3) is 0.500. The van der Waals surface area contributed by atoms with Crippen LogP contribution in [0, 0.1) is 5.92 Å². The number of carbonyl (C=O) groups excluding carboxylic acids is 1. The van der Waals surface area contributed by atoms with Crippen molar-refractivity contribution in [3.05, 3.63) is 47.8 Å². The van der Waals surface area contributed by atoms with Crippen molar-refractivity contribution >= 4 is 27.5 Å². The molecule has 1 aromatic carbocycles. The third kappa shape index (κ3) is 8.66. The molecule has 0 radical (unpaired) electrons. The first kappa shape index (κ1) is 24.1. The Morgan fingerprint density at radius 1 is 1.20 bits per heavy atom. The highest BCUT2D eigenvalue weighted by Crippen LogP contribution is 2.27. The molecule has 4 nitrogen and oxygen atoms in total. The van der Waals surface area contributed by atoms with Gasteiger partial charge < -0.3 is 10.1 Å². The van der Waals surface area contributed by atoms with Crippen LogP contribution in [0.25, 0.3) is 10.2 Å². The average molecular weight is 433 g/mol. The quantitative estimate of drug-likeness (QED) is 0.221. The van der Waals surface area contributed by atoms with Crippen LogP contribution in [-0.4, -0.2) is 24.0 Å². The molecular weight excluding hydrogens is 399 g/mol. The molecule has 0 unspecified atom stereocenters. The number of thiazole rings is 1. The van der Waals surface area contributed by atoms with Gasteiger partial charge in [-0.1, -0.05) is 68.7 Å². The summed E-state index contributed by atoms with van der Waals surface area (Å²) in [6.07, 6.45) is 10.0. The number of benzene rings is 1. The predicted molar refractivity (Wildman–Crippen MR) is 124 cm³/mol. The molecular formula is C24H33FN2O2S. The van der Waals surface area contributed by atoms with Gasteiger partial charge in [-0.25, -0.2) is 9.37 Å². The van der Waals surface area contributed by atoms with Crippen molar-refractivity contribution in [2.45, 2.75) is 59.3 Å². The van der Waals surface area contributed by atoms with Crippen molar-refractivity contribution < 1.29 is 13.9 Å². The lowest BCUT2D eigenvalue weighted by Crippen LogP contribution is -2.27. The minimum Gasteiger partial charge on any atom is -0.470 e. The van der Waals surface area contributed by atoms with Crippen LogP contribution in [0.4, 0.5) is 4.39 Å². The molecule has 0 aliphatic carbocycles. The molecule has 1 heterocycles. The summed E-state index contributed by atoms with van der Waals surface area (Å²) >= 11 is 1.59. The first-order valence-corrected chi connectivity index (χ1v) is 11.6. The Balaban J connectivity index is 1.52. The second-order valence-electron chi connectivity index (χ2n) is 7.86. The van der Waals surface area contributed by atoms with E-state index in [0.29, 0.717) is 24.6 Å². The lowest BCUT2D eigenvalue weighted by atomic mass is 10.1. The number of carbonyl (C=O) groups is 1. The molecule has 2 aromatic rings. The molecule has 1 N–H and O–H groups in total. The lowest BCUT2D eigenvalue weighted by Gasteiger charge is -2.06. The third-order valence-corrected chi connectivity index (χ3v) is 5.55. The zero-order valence-corrected chi connectivity index (χ0v) is 19.1. The molecule has 2 rings (SSSR count). The number of allylic oxidation sites excluding steroid dienone is 3. The topological polar surface area (TPSA) is 51.2 Å². The Kier molecular flexibility index (Phi) is 10.6. The van der Waals surface area contributed by atoms with Crippen LogP contribution in [0.2, 0.25) is 0 Å². The molecule has 0 aliphatic rings. The summed E-state index contributed by atoms with van der Waals surface area (Å²) in [4.78, 5) is 16.2. The van der Waals surface area contributed by atoms with Crippen LogP contribution in [0.15, 0.2) is 47.8 Å². The molecule has 1 amide bonds. The van der Waals surface area contributed by atoms with Crippen LogP contribution < -0.4 is 10.1 Å². The summed E-state index contributed by atoms with van der Waals surface area (Å²) in [5, 5.41) is 3.34. The smallest absolute Gasteiger partial charge is 0.280 e. The molecule has 164 valence electrons. The summed E-state index contributed by atoms with van der Waals surface area (Å²) in [5.74, 6) is -1.02. The summed E-state index contributed by atoms with van der Waals surface area (Å²) in [5.41, 5.74) is 1.37. The van der Waals surface area contributed by atoms with Crippen LogP contribution in [-0.2, 0) is 4.79 Å². The van der Waals surface area contributed by atoms with E-state index in [9.17, 15) is 9.18 Å². The molecule has 0 aliphatic heterocycles. The number of nitrogens with one attached hydrogen (secondary N) is 1. The second kappa shape index (κ2) is 13.2. The summed E-state index contributed by atoms with van der Waals surface area (Å²) in [6.45, 7) is 6.76. The number of nitrogens with zero attached hydrogens (tertiary/aromatic N) is 1. The van der Waals surface area contributed by atoms with E-state index in [-0.39, 0.29) is 0 Å². The van der Waals surface area contributed by atoms with Gasteiger partial charge in [0.05, 0.1) is 16.8 Å². The van der Waals surface area contributed by atoms with Crippen molar-refractivity contribution in [3.63, 3.8) is 0 Å². The van der Waals surface area contributed by atoms with E-state index in [1.165, 1.54) is 0 Å². The van der Waals surface area contributed by atoms with E-state index in [0.717, 1.165) is 53.9 Å². The van der Waals surface area contributed by atoms with Gasteiger partial charge >= 0.3 is 0 Å². The van der Waals surface area contributed by atoms with Gasteiger partial charge in [0.25, 0.3) is 11.1 Å². The van der Waals surface area contributed by atoms with Crippen molar-refractivity contribution in [1.29, 1.82) is 0 Å². The first-order valence-electron chi connectivity index (χ1n) is 10.8. The van der Waals surface area contributed by atoms with E-state index in [1.54, 1.807) is 24.3 Å². The van der Waals surface area contributed by atoms with Gasteiger partial charge in [-0.2, -0.15) is 0 Å². The van der Waals surface area contributed by atoms with E-state index in [2.05, 4.69) is 16.4 Å². The van der Waals surface area contributed by atoms with Crippen LogP contribution in [0.1, 0.15) is 59.3 Å². The highest BCUT2D eigenvalue weighted by molar-refractivity contribution is 7.20. The minimum atomic E-state index is -0.694. The number of amides is 1. The Labute approximate surface area is 183 Å². The minimum absolute atomic E-state index is 0.302. The van der Waals surface area contributed by atoms with Gasteiger partial charge in [0.15, 0.2) is 5.83 Å². The van der Waals surface area contributed by atoms with Gasteiger partial charge in [0.1, 0.15) is 0 Å². The molecule has 0 spiro atoms. The fourth-order valence-corrected chi connectivity index (χ4v) is 3.69. The molecule has 0 atom stereocenters. The van der Waals surface area contributed by atoms with Gasteiger partial charge in [0.2, 0.25) is 0 Å². The summed E-state index contributed by atoms with van der Waals surface area (Å²) in [6, 6.07) is 8.06. The first-order chi connectivity index (χ1) is 14.5. The Morgan fingerprint density at radius 2 is 1.93 bits per heavy atom. The molecule has 1 aromatic heterocycles. The van der Waals surface area contributed by atoms with Gasteiger partial charge in [0, 0.05) is 6.54 Å². The SMILES string of the molecule is CC(C=CCCCCCCCOc1nc2ccccc2s1)=C(F)C(=O)NCC(C)C. The number of unbranched alkanes of at least 4 members (excludes halogenated alkanes) is 5. The van der Waals surface area contributed by atoms with Crippen molar-refractivity contribution in [1.82, 2.24) is 10.3 Å². The number of hydrogen-bond donors (Lipinski definition) is 1. The maximum absolute atomic E-state index is 14.0. The zero-order valence-electron chi connectivity index (χ0n) is 18.2. The molecule has 6 heteroatoms. The second-order valence-corrected chi connectivity index (χ2v) is 8.85. The van der Waals surface area contributed by atoms with Crippen molar-refractivity contribution in [3.8, 4) is 5.19 Å². The standard InChI is InChI=1S/C24H33FN2O2S/c1-18(2)17-26-23(28)22(25)19(3)13-9-7-5-4-6-8-12-16-29-24-27-20-14-10-11-15-21(20)30-24/h9-11,13-15,18H,4-8,12,16-17H2,1-3H3,(H,26,28). The monoisotopic (exact) mass is 432 g/mol. The zero-order chi connectivity index (χ0) is 21.8. The predicted octanol–water partition coefficient (Wildman–Crippen LogP) is 6.59. The van der Waals surface area contributed by atoms with E-state index in [4.69, 9.17) is 4.74 Å². The average Bonchev–Trinajstić information content (AvgIpc) is 3.15. The van der Waals surface area contributed by atoms with Crippen LogP contribution in [0.5, 0.6) is 5.19 Å². The van der Waals surface area contributed by atoms with Gasteiger partial charge in [-0.3, -0.25) is 4.79 Å². The number of aromatic nitrogens is 1. The molecule has 0 fully saturated rings. The largest absolute Gasteiger partial charge is 0.470 e. The van der Waals surface area contributed by atoms with E-state index >= 15 is 0 Å². The van der Waals surface area contributed by atoms with Crippen molar-refractivity contribution in [2.75, 3.05) is 13.2 Å². The van der Waals surface area contributed by atoms with E-state index < -0.39 is 11.7 Å². The maximum Gasteiger partial charge on any atom is 0.280 e. The Bertz CT molecular complexity index is 825. The van der Waals surface area contributed by atoms with E-state index in [1.807, 2.05) is 38.1 Å². The highest BCUT2D eigenvalue weighted by atomic mass is 32.1. The Morgan fingerprint density at radius 3 is 2.70 bits per heavy atom. The summed E-state index contributed by atoms with van der Waals surface area (Å²) < 4.78 is 20.9. The number of ether oxygens (including phenoxy) is 1. The third-order valence-electron chi connectivity index (χ3n) is 4.60. The molecule has 0 saturated carbocycles. The molecule has 0 saturated heterocycles. The molecule has 30 heavy (non-hydrogen) atoms. The van der Waals surface area contributed by atoms with Gasteiger partial charge in [-0.05, 0) is 49.8 Å². The summed E-state index contributed by atoms with van der Waals surface area (Å²) in [7, 11) is 0. The number of halogens is 1. The fourth-order valence-electron chi connectivity index (χ4n) is 2.85. The number of fused-ring (bicyclic) bond motifs is 1. The number of rotatable bonds is 13. The Hall–Kier alpha value is -2.21. The van der Waals surface area contributed by atoms with Gasteiger partial charge in [-0.15, -0.1) is 0 Å². The normalized spacial score (nSPS) is 12.6.